The van der Waals surface area contributed by atoms with E-state index in [4.69, 9.17) is 14.2 Å². The number of ketones is 1. The van der Waals surface area contributed by atoms with Crippen molar-refractivity contribution in [3.8, 4) is 0 Å². The second-order valence-electron chi connectivity index (χ2n) is 8.31. The van der Waals surface area contributed by atoms with Gasteiger partial charge in [-0.1, -0.05) is 13.8 Å². The number of hydrogen-bond donors (Lipinski definition) is 1. The Bertz CT molecular complexity index is 377. The Balaban J connectivity index is 5.28. The molecule has 0 spiro atoms. The molecule has 4 unspecified atom stereocenters. The van der Waals surface area contributed by atoms with E-state index in [0.717, 1.165) is 0 Å². The van der Waals surface area contributed by atoms with Gasteiger partial charge in [-0.2, -0.15) is 0 Å². The van der Waals surface area contributed by atoms with Gasteiger partial charge in [0.1, 0.15) is 5.78 Å². The fraction of sp³-hybridized carbons (Fsp3) is 0.952. The standard InChI is InChI=1S/C21H42O5/c1-13(2)18(23)10-11-19(24-14(3)4)21(26-16(7)8)12-20(17(9)22)25-15(5)6/h13-17,19-22H,10-12H2,1-9H3. The van der Waals surface area contributed by atoms with Crippen LogP contribution < -0.4 is 0 Å². The molecule has 4 atom stereocenters. The molecule has 26 heavy (non-hydrogen) atoms. The summed E-state index contributed by atoms with van der Waals surface area (Å²) in [5.74, 6) is 0.254. The van der Waals surface area contributed by atoms with Gasteiger partial charge in [0.05, 0.1) is 42.7 Å². The van der Waals surface area contributed by atoms with Crippen molar-refractivity contribution in [2.45, 2.75) is 124 Å². The monoisotopic (exact) mass is 374 g/mol. The molecule has 0 aliphatic carbocycles. The Hall–Kier alpha value is -0.490. The van der Waals surface area contributed by atoms with Crippen LogP contribution in [0.15, 0.2) is 0 Å². The molecule has 5 heteroatoms. The molecule has 0 aromatic heterocycles. The van der Waals surface area contributed by atoms with Gasteiger partial charge in [0.15, 0.2) is 0 Å². The molecule has 0 fully saturated rings. The van der Waals surface area contributed by atoms with Gasteiger partial charge in [0.2, 0.25) is 0 Å². The minimum atomic E-state index is -0.604. The Morgan fingerprint density at radius 2 is 1.15 bits per heavy atom. The molecule has 0 saturated heterocycles. The molecule has 0 saturated carbocycles. The van der Waals surface area contributed by atoms with Crippen molar-refractivity contribution in [1.29, 1.82) is 0 Å². The van der Waals surface area contributed by atoms with Gasteiger partial charge < -0.3 is 19.3 Å². The average Bonchev–Trinajstić information content (AvgIpc) is 2.48. The molecule has 156 valence electrons. The summed E-state index contributed by atoms with van der Waals surface area (Å²) in [5, 5.41) is 10.1. The smallest absolute Gasteiger partial charge is 0.135 e. The summed E-state index contributed by atoms with van der Waals surface area (Å²) in [7, 11) is 0. The van der Waals surface area contributed by atoms with Crippen molar-refractivity contribution in [1.82, 2.24) is 0 Å². The first-order chi connectivity index (χ1) is 11.9. The zero-order chi connectivity index (χ0) is 20.4. The van der Waals surface area contributed by atoms with Crippen LogP contribution >= 0.6 is 0 Å². The van der Waals surface area contributed by atoms with Crippen molar-refractivity contribution in [2.75, 3.05) is 0 Å². The minimum Gasteiger partial charge on any atom is -0.391 e. The second kappa shape index (κ2) is 12.8. The summed E-state index contributed by atoms with van der Waals surface area (Å²) in [6.45, 7) is 17.4. The predicted octanol–water partition coefficient (Wildman–Crippen LogP) is 4.14. The van der Waals surface area contributed by atoms with E-state index in [-0.39, 0.29) is 48.3 Å². The molecular weight excluding hydrogens is 332 g/mol. The molecule has 0 bridgehead atoms. The van der Waals surface area contributed by atoms with Crippen LogP contribution in [-0.2, 0) is 19.0 Å². The highest BCUT2D eigenvalue weighted by Gasteiger charge is 2.31. The number of carbonyl (C=O) groups is 1. The highest BCUT2D eigenvalue weighted by Crippen LogP contribution is 2.23. The fourth-order valence-electron chi connectivity index (χ4n) is 2.85. The van der Waals surface area contributed by atoms with Gasteiger partial charge >= 0.3 is 0 Å². The molecule has 0 aliphatic rings. The zero-order valence-corrected chi connectivity index (χ0v) is 18.3. The van der Waals surface area contributed by atoms with Gasteiger partial charge in [0, 0.05) is 18.8 Å². The van der Waals surface area contributed by atoms with Crippen LogP contribution in [0, 0.1) is 5.92 Å². The van der Waals surface area contributed by atoms with Crippen LogP contribution in [0.2, 0.25) is 0 Å². The van der Waals surface area contributed by atoms with Crippen LogP contribution in [0.1, 0.15) is 81.6 Å². The number of rotatable bonds is 14. The number of aliphatic hydroxyl groups is 1. The van der Waals surface area contributed by atoms with E-state index in [1.807, 2.05) is 55.4 Å². The molecular formula is C21H42O5. The topological polar surface area (TPSA) is 65.0 Å². The maximum absolute atomic E-state index is 12.1. The van der Waals surface area contributed by atoms with E-state index >= 15 is 0 Å². The van der Waals surface area contributed by atoms with Crippen LogP contribution in [0.4, 0.5) is 0 Å². The quantitative estimate of drug-likeness (QED) is 0.495. The Kier molecular flexibility index (Phi) is 12.6. The number of carbonyl (C=O) groups excluding carboxylic acids is 1. The summed E-state index contributed by atoms with van der Waals surface area (Å²) in [5.41, 5.74) is 0. The molecule has 0 rings (SSSR count). The van der Waals surface area contributed by atoms with Crippen molar-refractivity contribution < 1.29 is 24.1 Å². The van der Waals surface area contributed by atoms with Crippen molar-refractivity contribution >= 4 is 5.78 Å². The Morgan fingerprint density at radius 3 is 1.54 bits per heavy atom. The zero-order valence-electron chi connectivity index (χ0n) is 18.3. The van der Waals surface area contributed by atoms with E-state index in [2.05, 4.69) is 0 Å². The van der Waals surface area contributed by atoms with E-state index < -0.39 is 6.10 Å². The molecule has 0 aromatic carbocycles. The third kappa shape index (κ3) is 11.3. The van der Waals surface area contributed by atoms with E-state index in [9.17, 15) is 9.90 Å². The van der Waals surface area contributed by atoms with Gasteiger partial charge in [-0.3, -0.25) is 4.79 Å². The lowest BCUT2D eigenvalue weighted by molar-refractivity contribution is -0.147. The predicted molar refractivity (Wildman–Crippen MR) is 105 cm³/mol. The number of hydrogen-bond acceptors (Lipinski definition) is 5. The number of aliphatic hydroxyl groups excluding tert-OH is 1. The van der Waals surface area contributed by atoms with Crippen molar-refractivity contribution in [3.63, 3.8) is 0 Å². The van der Waals surface area contributed by atoms with E-state index in [0.29, 0.717) is 19.3 Å². The number of ether oxygens (including phenoxy) is 3. The Labute approximate surface area is 160 Å². The molecule has 0 radical (unpaired) electrons. The minimum absolute atomic E-state index is 0.0151. The van der Waals surface area contributed by atoms with Crippen molar-refractivity contribution in [3.05, 3.63) is 0 Å². The fourth-order valence-corrected chi connectivity index (χ4v) is 2.85. The molecule has 5 nitrogen and oxygen atoms in total. The van der Waals surface area contributed by atoms with Crippen LogP contribution in [0.5, 0.6) is 0 Å². The lowest BCUT2D eigenvalue weighted by Gasteiger charge is -2.34. The summed E-state index contributed by atoms with van der Waals surface area (Å²) >= 11 is 0. The summed E-state index contributed by atoms with van der Waals surface area (Å²) in [6, 6.07) is 0. The lowest BCUT2D eigenvalue weighted by atomic mass is 9.96. The maximum Gasteiger partial charge on any atom is 0.135 e. The average molecular weight is 375 g/mol. The first kappa shape index (κ1) is 25.5. The summed E-state index contributed by atoms with van der Waals surface area (Å²) in [6.07, 6.45) is 0.287. The Morgan fingerprint density at radius 1 is 0.731 bits per heavy atom. The van der Waals surface area contributed by atoms with Gasteiger partial charge in [-0.25, -0.2) is 0 Å². The SMILES string of the molecule is CC(C)OC(CC(OC(C)C)C(CCC(=O)C(C)C)OC(C)C)C(C)O. The number of Topliss-reactive ketones (excluding diaryl/α,β-unsaturated/α-hetero) is 1. The van der Waals surface area contributed by atoms with Crippen LogP contribution in [0.25, 0.3) is 0 Å². The molecule has 1 N–H and O–H groups in total. The summed E-state index contributed by atoms with van der Waals surface area (Å²) in [4.78, 5) is 12.1. The first-order valence-electron chi connectivity index (χ1n) is 10.1. The lowest BCUT2D eigenvalue weighted by Crippen LogP contribution is -2.42. The van der Waals surface area contributed by atoms with Gasteiger partial charge in [-0.05, 0) is 54.9 Å². The van der Waals surface area contributed by atoms with Crippen molar-refractivity contribution in [2.24, 2.45) is 5.92 Å². The summed E-state index contributed by atoms with van der Waals surface area (Å²) < 4.78 is 18.1. The third-order valence-electron chi connectivity index (χ3n) is 4.08. The van der Waals surface area contributed by atoms with Crippen LogP contribution in [-0.4, -0.2) is 53.6 Å². The normalized spacial score (nSPS) is 17.2. The third-order valence-corrected chi connectivity index (χ3v) is 4.08. The van der Waals surface area contributed by atoms with Crippen LogP contribution in [0.3, 0.4) is 0 Å². The van der Waals surface area contributed by atoms with Gasteiger partial charge in [0.25, 0.3) is 0 Å². The largest absolute Gasteiger partial charge is 0.391 e. The van der Waals surface area contributed by atoms with E-state index in [1.54, 1.807) is 6.92 Å². The first-order valence-corrected chi connectivity index (χ1v) is 10.1. The van der Waals surface area contributed by atoms with Gasteiger partial charge in [-0.15, -0.1) is 0 Å². The molecule has 0 aliphatic heterocycles. The highest BCUT2D eigenvalue weighted by atomic mass is 16.6. The molecule has 0 aromatic rings. The maximum atomic E-state index is 12.1. The molecule has 0 heterocycles. The highest BCUT2D eigenvalue weighted by molar-refractivity contribution is 5.80. The molecule has 0 amide bonds. The van der Waals surface area contributed by atoms with E-state index in [1.165, 1.54) is 0 Å². The second-order valence-corrected chi connectivity index (χ2v) is 8.31.